The molecule has 0 saturated heterocycles. The van der Waals surface area contributed by atoms with Gasteiger partial charge in [-0.05, 0) is 37.6 Å². The number of anilines is 1. The molecule has 0 aliphatic rings. The van der Waals surface area contributed by atoms with Crippen LogP contribution in [0.15, 0.2) is 47.4 Å². The summed E-state index contributed by atoms with van der Waals surface area (Å²) >= 11 is 5.92. The van der Waals surface area contributed by atoms with Crippen LogP contribution in [0.3, 0.4) is 0 Å². The minimum atomic E-state index is -1.07. The smallest absolute Gasteiger partial charge is 0.251 e. The first-order valence-electron chi connectivity index (χ1n) is 6.84. The van der Waals surface area contributed by atoms with E-state index in [0.29, 0.717) is 17.3 Å². The molecule has 0 atom stereocenters. The van der Waals surface area contributed by atoms with Crippen LogP contribution in [0.1, 0.15) is 19.4 Å². The van der Waals surface area contributed by atoms with Crippen molar-refractivity contribution in [3.05, 3.63) is 63.5 Å². The second kappa shape index (κ2) is 6.34. The molecule has 1 aromatic heterocycles. The number of benzene rings is 1. The van der Waals surface area contributed by atoms with Gasteiger partial charge in [0.2, 0.25) is 5.91 Å². The number of amides is 1. The topological polar surface area (TPSA) is 77.1 Å². The van der Waals surface area contributed by atoms with Crippen molar-refractivity contribution in [1.29, 1.82) is 0 Å². The first-order chi connectivity index (χ1) is 10.3. The van der Waals surface area contributed by atoms with Crippen molar-refractivity contribution in [1.82, 2.24) is 4.57 Å². The fourth-order valence-electron chi connectivity index (χ4n) is 2.02. The molecule has 0 bridgehead atoms. The van der Waals surface area contributed by atoms with Crippen LogP contribution in [-0.4, -0.2) is 10.5 Å². The SMILES string of the molecule is CC(C)(C(=O)Nc1ccc(CN)cc1)n1cc(Cl)ccc1=O. The van der Waals surface area contributed by atoms with Gasteiger partial charge in [0.05, 0.1) is 5.02 Å². The Morgan fingerprint density at radius 2 is 1.86 bits per heavy atom. The molecule has 0 fully saturated rings. The molecule has 0 unspecified atom stereocenters. The molecule has 5 nitrogen and oxygen atoms in total. The quantitative estimate of drug-likeness (QED) is 0.908. The van der Waals surface area contributed by atoms with Crippen molar-refractivity contribution < 1.29 is 4.79 Å². The molecule has 1 aromatic carbocycles. The number of hydrogen-bond donors (Lipinski definition) is 2. The number of nitrogens with one attached hydrogen (secondary N) is 1. The fourth-order valence-corrected chi connectivity index (χ4v) is 2.18. The molecule has 0 radical (unpaired) electrons. The highest BCUT2D eigenvalue weighted by Gasteiger charge is 2.30. The Balaban J connectivity index is 2.26. The molecular weight excluding hydrogens is 302 g/mol. The number of halogens is 1. The summed E-state index contributed by atoms with van der Waals surface area (Å²) in [5.74, 6) is -0.308. The lowest BCUT2D eigenvalue weighted by Gasteiger charge is -2.26. The van der Waals surface area contributed by atoms with E-state index in [1.807, 2.05) is 12.1 Å². The number of aromatic nitrogens is 1. The van der Waals surface area contributed by atoms with E-state index in [4.69, 9.17) is 17.3 Å². The molecular formula is C16H18ClN3O2. The number of pyridine rings is 1. The number of nitrogens with two attached hydrogens (primary N) is 1. The molecule has 1 heterocycles. The van der Waals surface area contributed by atoms with E-state index < -0.39 is 5.54 Å². The molecule has 0 aliphatic heterocycles. The van der Waals surface area contributed by atoms with Gasteiger partial charge in [-0.15, -0.1) is 0 Å². The number of hydrogen-bond acceptors (Lipinski definition) is 3. The Labute approximate surface area is 133 Å². The van der Waals surface area contributed by atoms with Crippen molar-refractivity contribution in [2.45, 2.75) is 25.9 Å². The molecule has 116 valence electrons. The van der Waals surface area contributed by atoms with Crippen LogP contribution in [0.2, 0.25) is 5.02 Å². The van der Waals surface area contributed by atoms with E-state index in [2.05, 4.69) is 5.32 Å². The van der Waals surface area contributed by atoms with Crippen LogP contribution in [-0.2, 0) is 16.9 Å². The normalized spacial score (nSPS) is 11.3. The van der Waals surface area contributed by atoms with Crippen LogP contribution in [0.4, 0.5) is 5.69 Å². The summed E-state index contributed by atoms with van der Waals surface area (Å²) in [7, 11) is 0. The lowest BCUT2D eigenvalue weighted by atomic mass is 10.0. The van der Waals surface area contributed by atoms with Gasteiger partial charge in [-0.1, -0.05) is 23.7 Å². The molecule has 0 spiro atoms. The van der Waals surface area contributed by atoms with Gasteiger partial charge in [0.15, 0.2) is 0 Å². The number of nitrogens with zero attached hydrogens (tertiary/aromatic N) is 1. The second-order valence-electron chi connectivity index (χ2n) is 5.47. The highest BCUT2D eigenvalue weighted by Crippen LogP contribution is 2.19. The summed E-state index contributed by atoms with van der Waals surface area (Å²) in [5.41, 5.74) is 5.79. The highest BCUT2D eigenvalue weighted by molar-refractivity contribution is 6.30. The summed E-state index contributed by atoms with van der Waals surface area (Å²) in [4.78, 5) is 24.5. The predicted octanol–water partition coefficient (Wildman–Crippen LogP) is 2.33. The average molecular weight is 320 g/mol. The molecule has 2 aromatic rings. The summed E-state index contributed by atoms with van der Waals surface area (Å²) in [5, 5.41) is 3.19. The zero-order valence-corrected chi connectivity index (χ0v) is 13.2. The summed E-state index contributed by atoms with van der Waals surface area (Å²) in [6, 6.07) is 10.1. The number of rotatable bonds is 4. The maximum atomic E-state index is 12.5. The van der Waals surface area contributed by atoms with Crippen molar-refractivity contribution in [2.24, 2.45) is 5.73 Å². The molecule has 3 N–H and O–H groups in total. The third-order valence-electron chi connectivity index (χ3n) is 3.48. The maximum absolute atomic E-state index is 12.5. The number of carbonyl (C=O) groups excluding carboxylic acids is 1. The fraction of sp³-hybridized carbons (Fsp3) is 0.250. The van der Waals surface area contributed by atoms with E-state index in [1.54, 1.807) is 26.0 Å². The first-order valence-corrected chi connectivity index (χ1v) is 7.21. The zero-order chi connectivity index (χ0) is 16.3. The molecule has 22 heavy (non-hydrogen) atoms. The van der Waals surface area contributed by atoms with Crippen molar-refractivity contribution in [3.63, 3.8) is 0 Å². The monoisotopic (exact) mass is 319 g/mol. The minimum Gasteiger partial charge on any atom is -0.326 e. The van der Waals surface area contributed by atoms with Crippen LogP contribution in [0.5, 0.6) is 0 Å². The molecule has 1 amide bonds. The summed E-state index contributed by atoms with van der Waals surface area (Å²) in [6.07, 6.45) is 1.46. The lowest BCUT2D eigenvalue weighted by molar-refractivity contribution is -0.123. The highest BCUT2D eigenvalue weighted by atomic mass is 35.5. The Bertz CT molecular complexity index is 736. The third-order valence-corrected chi connectivity index (χ3v) is 3.70. The van der Waals surface area contributed by atoms with Crippen LogP contribution < -0.4 is 16.6 Å². The van der Waals surface area contributed by atoms with Gasteiger partial charge in [-0.2, -0.15) is 0 Å². The zero-order valence-electron chi connectivity index (χ0n) is 12.5. The van der Waals surface area contributed by atoms with Crippen LogP contribution in [0.25, 0.3) is 0 Å². The van der Waals surface area contributed by atoms with Gasteiger partial charge >= 0.3 is 0 Å². The first kappa shape index (κ1) is 16.3. The van der Waals surface area contributed by atoms with E-state index in [0.717, 1.165) is 5.56 Å². The molecule has 0 aliphatic carbocycles. The molecule has 6 heteroatoms. The lowest BCUT2D eigenvalue weighted by Crippen LogP contribution is -2.45. The Kier molecular flexibility index (Phi) is 4.68. The summed E-state index contributed by atoms with van der Waals surface area (Å²) < 4.78 is 1.32. The van der Waals surface area contributed by atoms with E-state index in [9.17, 15) is 9.59 Å². The van der Waals surface area contributed by atoms with Gasteiger partial charge in [-0.3, -0.25) is 14.2 Å². The van der Waals surface area contributed by atoms with Gasteiger partial charge in [-0.25, -0.2) is 0 Å². The minimum absolute atomic E-state index is 0.289. The van der Waals surface area contributed by atoms with E-state index in [1.165, 1.54) is 22.9 Å². The molecule has 0 saturated carbocycles. The standard InChI is InChI=1S/C16H18ClN3O2/c1-16(2,20-10-12(17)5-8-14(20)21)15(22)19-13-6-3-11(9-18)4-7-13/h3-8,10H,9,18H2,1-2H3,(H,19,22). The van der Waals surface area contributed by atoms with E-state index >= 15 is 0 Å². The Morgan fingerprint density at radius 3 is 2.45 bits per heavy atom. The van der Waals surface area contributed by atoms with Crippen molar-refractivity contribution in [3.8, 4) is 0 Å². The van der Waals surface area contributed by atoms with Gasteiger partial charge in [0, 0.05) is 24.5 Å². The second-order valence-corrected chi connectivity index (χ2v) is 5.91. The number of carbonyl (C=O) groups is 1. The Hall–Kier alpha value is -2.11. The van der Waals surface area contributed by atoms with E-state index in [-0.39, 0.29) is 11.5 Å². The van der Waals surface area contributed by atoms with Gasteiger partial charge in [0.25, 0.3) is 5.56 Å². The van der Waals surface area contributed by atoms with Gasteiger partial charge < -0.3 is 11.1 Å². The Morgan fingerprint density at radius 1 is 1.23 bits per heavy atom. The van der Waals surface area contributed by atoms with Crippen molar-refractivity contribution >= 4 is 23.2 Å². The summed E-state index contributed by atoms with van der Waals surface area (Å²) in [6.45, 7) is 3.76. The predicted molar refractivity (Wildman–Crippen MR) is 88.0 cm³/mol. The van der Waals surface area contributed by atoms with Crippen molar-refractivity contribution in [2.75, 3.05) is 5.32 Å². The van der Waals surface area contributed by atoms with Gasteiger partial charge in [0.1, 0.15) is 5.54 Å². The third kappa shape index (κ3) is 3.37. The molecule has 2 rings (SSSR count). The van der Waals surface area contributed by atoms with Crippen LogP contribution in [0, 0.1) is 0 Å². The average Bonchev–Trinajstić information content (AvgIpc) is 2.50. The maximum Gasteiger partial charge on any atom is 0.251 e. The van der Waals surface area contributed by atoms with Crippen LogP contribution >= 0.6 is 11.6 Å². The largest absolute Gasteiger partial charge is 0.326 e.